The molecule has 1 aliphatic carbocycles. The summed E-state index contributed by atoms with van der Waals surface area (Å²) in [7, 11) is 0. The van der Waals surface area contributed by atoms with Gasteiger partial charge in [0.25, 0.3) is 0 Å². The minimum absolute atomic E-state index is 0.0701. The van der Waals surface area contributed by atoms with Crippen LogP contribution in [-0.4, -0.2) is 29.0 Å². The number of nitrogens with zero attached hydrogens (tertiary/aromatic N) is 2. The number of fused-ring (bicyclic) bond motifs is 3. The number of rotatable bonds is 0. The Kier molecular flexibility index (Phi) is 3.02. The Morgan fingerprint density at radius 1 is 1.14 bits per heavy atom. The Morgan fingerprint density at radius 2 is 1.77 bits per heavy atom. The van der Waals surface area contributed by atoms with Gasteiger partial charge < -0.3 is 0 Å². The molecule has 0 aromatic heterocycles. The standard InChI is InChI=1S/C13H8F6N2O/c14-12(15,16)10-8-5-6-3-1-2-4-7(6)9(8)21(20-10)11(22)13(17,18)19/h1-4,8-9H,5H2/t8-,9+/m0/s1. The lowest BCUT2D eigenvalue weighted by Gasteiger charge is -2.23. The number of carbonyl (C=O) groups excluding carboxylic acids is 1. The summed E-state index contributed by atoms with van der Waals surface area (Å²) < 4.78 is 76.9. The molecule has 0 radical (unpaired) electrons. The molecule has 0 bridgehead atoms. The van der Waals surface area contributed by atoms with Crippen molar-refractivity contribution < 1.29 is 31.1 Å². The maximum Gasteiger partial charge on any atom is 0.473 e. The summed E-state index contributed by atoms with van der Waals surface area (Å²) >= 11 is 0. The van der Waals surface area contributed by atoms with Gasteiger partial charge in [-0.05, 0) is 17.5 Å². The van der Waals surface area contributed by atoms with Crippen LogP contribution in [0, 0.1) is 5.92 Å². The molecule has 118 valence electrons. The van der Waals surface area contributed by atoms with Crippen LogP contribution in [0.1, 0.15) is 17.2 Å². The lowest BCUT2D eigenvalue weighted by atomic mass is 9.96. The van der Waals surface area contributed by atoms with Crippen LogP contribution in [0.15, 0.2) is 29.4 Å². The zero-order valence-corrected chi connectivity index (χ0v) is 10.7. The van der Waals surface area contributed by atoms with Gasteiger partial charge in [-0.1, -0.05) is 24.3 Å². The smallest absolute Gasteiger partial charge is 0.262 e. The van der Waals surface area contributed by atoms with E-state index in [2.05, 4.69) is 5.10 Å². The van der Waals surface area contributed by atoms with E-state index in [0.717, 1.165) is 0 Å². The summed E-state index contributed by atoms with van der Waals surface area (Å²) in [6, 6.07) is 4.69. The quantitative estimate of drug-likeness (QED) is 0.675. The number of amides is 1. The van der Waals surface area contributed by atoms with E-state index in [4.69, 9.17) is 0 Å². The summed E-state index contributed by atoms with van der Waals surface area (Å²) in [4.78, 5) is 11.4. The predicted molar refractivity (Wildman–Crippen MR) is 62.8 cm³/mol. The van der Waals surface area contributed by atoms with Crippen molar-refractivity contribution in [2.45, 2.75) is 24.8 Å². The van der Waals surface area contributed by atoms with Gasteiger partial charge in [0, 0.05) is 5.92 Å². The SMILES string of the molecule is O=C(N1N=C(C(F)(F)F)[C@H]2Cc3ccccc3[C@H]21)C(F)(F)F. The molecule has 1 heterocycles. The first-order chi connectivity index (χ1) is 10.1. The molecule has 0 unspecified atom stereocenters. The third kappa shape index (κ3) is 2.15. The molecule has 0 saturated heterocycles. The Balaban J connectivity index is 2.09. The molecule has 9 heteroatoms. The fraction of sp³-hybridized carbons (Fsp3) is 0.385. The van der Waals surface area contributed by atoms with Crippen LogP contribution >= 0.6 is 0 Å². The number of benzene rings is 1. The van der Waals surface area contributed by atoms with Gasteiger partial charge in [-0.15, -0.1) is 0 Å². The summed E-state index contributed by atoms with van der Waals surface area (Å²) in [6.45, 7) is 0. The number of alkyl halides is 6. The third-order valence-electron chi connectivity index (χ3n) is 3.77. The van der Waals surface area contributed by atoms with Crippen LogP contribution in [0.5, 0.6) is 0 Å². The molecule has 0 N–H and O–H groups in total. The first kappa shape index (κ1) is 14.9. The van der Waals surface area contributed by atoms with Gasteiger partial charge in [-0.3, -0.25) is 4.79 Å². The third-order valence-corrected chi connectivity index (χ3v) is 3.77. The van der Waals surface area contributed by atoms with Crippen molar-refractivity contribution in [3.63, 3.8) is 0 Å². The maximum absolute atomic E-state index is 13.0. The molecule has 22 heavy (non-hydrogen) atoms. The molecular weight excluding hydrogens is 314 g/mol. The number of carbonyl (C=O) groups is 1. The zero-order chi connectivity index (χ0) is 16.3. The van der Waals surface area contributed by atoms with Crippen LogP contribution in [0.4, 0.5) is 26.3 Å². The fourth-order valence-electron chi connectivity index (χ4n) is 2.94. The molecule has 1 aliphatic heterocycles. The van der Waals surface area contributed by atoms with Gasteiger partial charge in [0.2, 0.25) is 0 Å². The van der Waals surface area contributed by atoms with Crippen LogP contribution in [0.25, 0.3) is 0 Å². The lowest BCUT2D eigenvalue weighted by molar-refractivity contribution is -0.187. The van der Waals surface area contributed by atoms with Crippen LogP contribution < -0.4 is 0 Å². The van der Waals surface area contributed by atoms with E-state index >= 15 is 0 Å². The molecule has 3 rings (SSSR count). The number of hydrazone groups is 1. The van der Waals surface area contributed by atoms with Crippen molar-refractivity contribution in [1.82, 2.24) is 5.01 Å². The van der Waals surface area contributed by atoms with E-state index in [-0.39, 0.29) is 17.0 Å². The molecule has 2 aliphatic rings. The monoisotopic (exact) mass is 322 g/mol. The predicted octanol–water partition coefficient (Wildman–Crippen LogP) is 3.22. The Hall–Kier alpha value is -2.06. The van der Waals surface area contributed by atoms with Gasteiger partial charge in [0.1, 0.15) is 5.71 Å². The molecule has 2 atom stereocenters. The van der Waals surface area contributed by atoms with E-state index in [0.29, 0.717) is 5.56 Å². The van der Waals surface area contributed by atoms with Gasteiger partial charge in [-0.2, -0.15) is 31.4 Å². The van der Waals surface area contributed by atoms with E-state index in [9.17, 15) is 31.1 Å². The highest BCUT2D eigenvalue weighted by atomic mass is 19.4. The van der Waals surface area contributed by atoms with E-state index in [1.54, 1.807) is 6.07 Å². The highest BCUT2D eigenvalue weighted by molar-refractivity contribution is 5.97. The minimum atomic E-state index is -5.29. The van der Waals surface area contributed by atoms with E-state index in [1.165, 1.54) is 18.2 Å². The topological polar surface area (TPSA) is 32.7 Å². The van der Waals surface area contributed by atoms with Crippen molar-refractivity contribution in [2.24, 2.45) is 11.0 Å². The molecular formula is C13H8F6N2O. The molecule has 1 aromatic rings. The zero-order valence-electron chi connectivity index (χ0n) is 10.7. The van der Waals surface area contributed by atoms with E-state index < -0.39 is 35.9 Å². The van der Waals surface area contributed by atoms with Gasteiger partial charge in [0.05, 0.1) is 6.04 Å². The summed E-state index contributed by atoms with van der Waals surface area (Å²) in [5.41, 5.74) is -0.575. The Labute approximate surface area is 120 Å². The van der Waals surface area contributed by atoms with Crippen molar-refractivity contribution in [3.8, 4) is 0 Å². The molecule has 3 nitrogen and oxygen atoms in total. The first-order valence-electron chi connectivity index (χ1n) is 6.24. The average molecular weight is 322 g/mol. The molecule has 1 amide bonds. The Bertz CT molecular complexity index is 663. The lowest BCUT2D eigenvalue weighted by Crippen LogP contribution is -2.38. The minimum Gasteiger partial charge on any atom is -0.262 e. The molecule has 0 spiro atoms. The molecule has 0 saturated carbocycles. The maximum atomic E-state index is 13.0. The van der Waals surface area contributed by atoms with Crippen molar-refractivity contribution in [2.75, 3.05) is 0 Å². The summed E-state index contributed by atoms with van der Waals surface area (Å²) in [5, 5.41) is 2.89. The second-order valence-corrected chi connectivity index (χ2v) is 5.08. The number of hydrogen-bond donors (Lipinski definition) is 0. The number of hydrogen-bond acceptors (Lipinski definition) is 2. The van der Waals surface area contributed by atoms with E-state index in [1.807, 2.05) is 0 Å². The summed E-state index contributed by atoms with van der Waals surface area (Å²) in [5.74, 6) is -3.69. The van der Waals surface area contributed by atoms with Crippen LogP contribution in [-0.2, 0) is 11.2 Å². The molecule has 0 fully saturated rings. The normalized spacial score (nSPS) is 24.1. The highest BCUT2D eigenvalue weighted by Gasteiger charge is 2.58. The van der Waals surface area contributed by atoms with Crippen LogP contribution in [0.3, 0.4) is 0 Å². The highest BCUT2D eigenvalue weighted by Crippen LogP contribution is 2.49. The first-order valence-corrected chi connectivity index (χ1v) is 6.24. The average Bonchev–Trinajstić information content (AvgIpc) is 2.92. The fourth-order valence-corrected chi connectivity index (χ4v) is 2.94. The van der Waals surface area contributed by atoms with Crippen molar-refractivity contribution in [3.05, 3.63) is 35.4 Å². The van der Waals surface area contributed by atoms with Gasteiger partial charge >= 0.3 is 18.3 Å². The van der Waals surface area contributed by atoms with Crippen molar-refractivity contribution in [1.29, 1.82) is 0 Å². The van der Waals surface area contributed by atoms with Gasteiger partial charge in [-0.25, -0.2) is 5.01 Å². The summed E-state index contributed by atoms with van der Waals surface area (Å²) in [6.07, 6.45) is -10.3. The molecule has 1 aromatic carbocycles. The second kappa shape index (κ2) is 4.47. The van der Waals surface area contributed by atoms with Crippen LogP contribution in [0.2, 0.25) is 0 Å². The second-order valence-electron chi connectivity index (χ2n) is 5.08. The Morgan fingerprint density at radius 3 is 2.36 bits per heavy atom. The van der Waals surface area contributed by atoms with Gasteiger partial charge in [0.15, 0.2) is 0 Å². The number of halogens is 6. The van der Waals surface area contributed by atoms with Crippen molar-refractivity contribution >= 4 is 11.6 Å². The largest absolute Gasteiger partial charge is 0.473 e.